The van der Waals surface area contributed by atoms with Crippen LogP contribution >= 0.6 is 35.6 Å². The standard InChI is InChI=1S/C22H29Cl2NO.ClH/c1-21(2,3)15-22(4,5)25-13-17-12-19(24)10-11-20(17)26-14-16-6-8-18(23)9-7-16;/h6-12,25H,13-15H2,1-5H3;1H. The van der Waals surface area contributed by atoms with Crippen molar-refractivity contribution in [2.24, 2.45) is 5.41 Å². The Morgan fingerprint density at radius 2 is 1.48 bits per heavy atom. The van der Waals surface area contributed by atoms with Gasteiger partial charge in [-0.2, -0.15) is 0 Å². The average Bonchev–Trinajstić information content (AvgIpc) is 2.51. The van der Waals surface area contributed by atoms with Crippen molar-refractivity contribution in [3.05, 3.63) is 63.6 Å². The van der Waals surface area contributed by atoms with E-state index in [0.717, 1.165) is 28.3 Å². The molecule has 0 aromatic heterocycles. The summed E-state index contributed by atoms with van der Waals surface area (Å²) in [7, 11) is 0. The van der Waals surface area contributed by atoms with Gasteiger partial charge in [-0.15, -0.1) is 12.4 Å². The van der Waals surface area contributed by atoms with E-state index in [1.54, 1.807) is 0 Å². The Bertz CT molecular complexity index is 721. The number of benzene rings is 2. The maximum absolute atomic E-state index is 6.21. The molecule has 0 amide bonds. The first-order chi connectivity index (χ1) is 12.0. The van der Waals surface area contributed by atoms with Crippen molar-refractivity contribution in [3.63, 3.8) is 0 Å². The molecule has 0 fully saturated rings. The SMILES string of the molecule is CC(C)(C)CC(C)(C)NCc1cc(Cl)ccc1OCc1ccc(Cl)cc1.Cl. The van der Waals surface area contributed by atoms with Crippen molar-refractivity contribution >= 4 is 35.6 Å². The molecule has 0 aliphatic rings. The second-order valence-corrected chi connectivity index (χ2v) is 9.51. The van der Waals surface area contributed by atoms with Gasteiger partial charge in [0.25, 0.3) is 0 Å². The predicted octanol–water partition coefficient (Wildman–Crippen LogP) is 7.30. The molecule has 0 aliphatic heterocycles. The second-order valence-electron chi connectivity index (χ2n) is 8.64. The average molecular weight is 431 g/mol. The third-order valence-electron chi connectivity index (χ3n) is 4.06. The smallest absolute Gasteiger partial charge is 0.124 e. The van der Waals surface area contributed by atoms with Crippen LogP contribution in [0.1, 0.15) is 52.2 Å². The quantitative estimate of drug-likeness (QED) is 0.497. The van der Waals surface area contributed by atoms with Crippen molar-refractivity contribution in [1.82, 2.24) is 5.32 Å². The van der Waals surface area contributed by atoms with E-state index in [-0.39, 0.29) is 23.4 Å². The lowest BCUT2D eigenvalue weighted by molar-refractivity contribution is 0.238. The van der Waals surface area contributed by atoms with Gasteiger partial charge >= 0.3 is 0 Å². The predicted molar refractivity (Wildman–Crippen MR) is 119 cm³/mol. The molecule has 0 saturated carbocycles. The lowest BCUT2D eigenvalue weighted by Gasteiger charge is -2.33. The fourth-order valence-electron chi connectivity index (χ4n) is 3.29. The van der Waals surface area contributed by atoms with Gasteiger partial charge in [0.1, 0.15) is 12.4 Å². The monoisotopic (exact) mass is 429 g/mol. The van der Waals surface area contributed by atoms with E-state index < -0.39 is 0 Å². The van der Waals surface area contributed by atoms with Gasteiger partial charge < -0.3 is 10.1 Å². The number of hydrogen-bond donors (Lipinski definition) is 1. The molecule has 2 nitrogen and oxygen atoms in total. The van der Waals surface area contributed by atoms with Crippen molar-refractivity contribution in [1.29, 1.82) is 0 Å². The molecule has 2 rings (SSSR count). The second kappa shape index (κ2) is 10.0. The van der Waals surface area contributed by atoms with Crippen LogP contribution in [0.4, 0.5) is 0 Å². The van der Waals surface area contributed by atoms with Crippen LogP contribution in [0.15, 0.2) is 42.5 Å². The Morgan fingerprint density at radius 1 is 0.889 bits per heavy atom. The van der Waals surface area contributed by atoms with E-state index >= 15 is 0 Å². The molecule has 0 radical (unpaired) electrons. The lowest BCUT2D eigenvalue weighted by Crippen LogP contribution is -2.41. The molecule has 150 valence electrons. The van der Waals surface area contributed by atoms with Crippen LogP contribution in [0.3, 0.4) is 0 Å². The Labute approximate surface area is 180 Å². The number of ether oxygens (including phenoxy) is 1. The molecule has 0 saturated heterocycles. The molecule has 0 heterocycles. The molecule has 5 heteroatoms. The van der Waals surface area contributed by atoms with Crippen LogP contribution in [0, 0.1) is 5.41 Å². The van der Waals surface area contributed by atoms with Gasteiger partial charge in [0, 0.05) is 27.7 Å². The number of nitrogens with one attached hydrogen (secondary N) is 1. The molecule has 0 atom stereocenters. The van der Waals surface area contributed by atoms with Gasteiger partial charge in [0.15, 0.2) is 0 Å². The summed E-state index contributed by atoms with van der Waals surface area (Å²) in [6, 6.07) is 13.5. The maximum Gasteiger partial charge on any atom is 0.124 e. The van der Waals surface area contributed by atoms with Crippen molar-refractivity contribution in [2.75, 3.05) is 0 Å². The van der Waals surface area contributed by atoms with Crippen LogP contribution in [0.5, 0.6) is 5.75 Å². The molecule has 27 heavy (non-hydrogen) atoms. The summed E-state index contributed by atoms with van der Waals surface area (Å²) >= 11 is 12.1. The molecule has 0 unspecified atom stereocenters. The molecule has 2 aromatic carbocycles. The summed E-state index contributed by atoms with van der Waals surface area (Å²) in [5.41, 5.74) is 2.43. The number of hydrogen-bond acceptors (Lipinski definition) is 2. The van der Waals surface area contributed by atoms with E-state index in [0.29, 0.717) is 18.2 Å². The summed E-state index contributed by atoms with van der Waals surface area (Å²) < 4.78 is 6.04. The Kier molecular flexibility index (Phi) is 8.95. The highest BCUT2D eigenvalue weighted by molar-refractivity contribution is 6.30. The zero-order valence-corrected chi connectivity index (χ0v) is 19.1. The highest BCUT2D eigenvalue weighted by Crippen LogP contribution is 2.29. The number of rotatable bonds is 7. The molecular weight excluding hydrogens is 401 g/mol. The van der Waals surface area contributed by atoms with Crippen LogP contribution in [-0.2, 0) is 13.2 Å². The van der Waals surface area contributed by atoms with Gasteiger partial charge in [-0.25, -0.2) is 0 Å². The minimum absolute atomic E-state index is 0. The molecule has 0 spiro atoms. The molecule has 0 aliphatic carbocycles. The summed E-state index contributed by atoms with van der Waals surface area (Å²) in [5.74, 6) is 0.850. The zero-order chi connectivity index (χ0) is 19.4. The normalized spacial score (nSPS) is 11.8. The number of halogens is 3. The Hall–Kier alpha value is -0.930. The van der Waals surface area contributed by atoms with Crippen molar-refractivity contribution in [2.45, 2.75) is 59.7 Å². The van der Waals surface area contributed by atoms with E-state index in [2.05, 4.69) is 39.9 Å². The van der Waals surface area contributed by atoms with Crippen molar-refractivity contribution in [3.8, 4) is 5.75 Å². The van der Waals surface area contributed by atoms with E-state index in [4.69, 9.17) is 27.9 Å². The lowest BCUT2D eigenvalue weighted by atomic mass is 9.82. The third kappa shape index (κ3) is 8.74. The molecular formula is C22H30Cl3NO. The van der Waals surface area contributed by atoms with Crippen LogP contribution in [0.25, 0.3) is 0 Å². The van der Waals surface area contributed by atoms with E-state index in [9.17, 15) is 0 Å². The minimum atomic E-state index is 0. The van der Waals surface area contributed by atoms with Crippen molar-refractivity contribution < 1.29 is 4.74 Å². The minimum Gasteiger partial charge on any atom is -0.489 e. The fraction of sp³-hybridized carbons (Fsp3) is 0.455. The molecule has 1 N–H and O–H groups in total. The zero-order valence-electron chi connectivity index (χ0n) is 16.7. The highest BCUT2D eigenvalue weighted by atomic mass is 35.5. The molecule has 0 bridgehead atoms. The summed E-state index contributed by atoms with van der Waals surface area (Å²) in [5, 5.41) is 5.09. The van der Waals surface area contributed by atoms with E-state index in [1.807, 2.05) is 42.5 Å². The largest absolute Gasteiger partial charge is 0.489 e. The summed E-state index contributed by atoms with van der Waals surface area (Å²) in [6.45, 7) is 12.5. The van der Waals surface area contributed by atoms with Crippen LogP contribution in [-0.4, -0.2) is 5.54 Å². The molecule has 2 aromatic rings. The van der Waals surface area contributed by atoms with Gasteiger partial charge in [-0.05, 0) is 61.6 Å². The first kappa shape index (κ1) is 24.1. The van der Waals surface area contributed by atoms with Gasteiger partial charge in [0.2, 0.25) is 0 Å². The fourth-order valence-corrected chi connectivity index (χ4v) is 3.61. The van der Waals surface area contributed by atoms with Gasteiger partial charge in [-0.1, -0.05) is 56.1 Å². The van der Waals surface area contributed by atoms with Gasteiger partial charge in [-0.3, -0.25) is 0 Å². The first-order valence-corrected chi connectivity index (χ1v) is 9.70. The maximum atomic E-state index is 6.21. The van der Waals surface area contributed by atoms with Crippen LogP contribution < -0.4 is 10.1 Å². The topological polar surface area (TPSA) is 21.3 Å². The Balaban J connectivity index is 0.00000364. The first-order valence-electron chi connectivity index (χ1n) is 8.95. The van der Waals surface area contributed by atoms with Gasteiger partial charge in [0.05, 0.1) is 0 Å². The third-order valence-corrected chi connectivity index (χ3v) is 4.55. The highest BCUT2D eigenvalue weighted by Gasteiger charge is 2.25. The van der Waals surface area contributed by atoms with E-state index in [1.165, 1.54) is 0 Å². The van der Waals surface area contributed by atoms with Crippen LogP contribution in [0.2, 0.25) is 10.0 Å². The summed E-state index contributed by atoms with van der Waals surface area (Å²) in [6.07, 6.45) is 1.07. The Morgan fingerprint density at radius 3 is 2.07 bits per heavy atom. The summed E-state index contributed by atoms with van der Waals surface area (Å²) in [4.78, 5) is 0.